The van der Waals surface area contributed by atoms with E-state index in [1.165, 1.54) is 23.9 Å². The number of aryl methyl sites for hydroxylation is 1. The van der Waals surface area contributed by atoms with Crippen molar-refractivity contribution < 1.29 is 19.2 Å². The number of amides is 1. The Morgan fingerprint density at radius 2 is 1.79 bits per heavy atom. The third-order valence-corrected chi connectivity index (χ3v) is 4.22. The van der Waals surface area contributed by atoms with Gasteiger partial charge in [-0.15, -0.1) is 0 Å². The number of benzene rings is 2. The van der Waals surface area contributed by atoms with Crippen molar-refractivity contribution in [1.82, 2.24) is 9.78 Å². The fraction of sp³-hybridized carbons (Fsp3) is 0.200. The predicted molar refractivity (Wildman–Crippen MR) is 107 cm³/mol. The molecule has 2 aromatic carbocycles. The second kappa shape index (κ2) is 8.42. The van der Waals surface area contributed by atoms with Crippen molar-refractivity contribution in [2.24, 2.45) is 0 Å². The van der Waals surface area contributed by atoms with Crippen LogP contribution < -0.4 is 14.8 Å². The maximum absolute atomic E-state index is 12.6. The number of carbonyl (C=O) groups excluding carboxylic acids is 1. The van der Waals surface area contributed by atoms with E-state index in [0.29, 0.717) is 28.7 Å². The number of nitro groups is 1. The molecule has 1 N–H and O–H groups in total. The molecule has 0 spiro atoms. The quantitative estimate of drug-likeness (QED) is 0.485. The Hall–Kier alpha value is -3.88. The number of nitro benzene ring substituents is 1. The van der Waals surface area contributed by atoms with Gasteiger partial charge in [-0.05, 0) is 36.8 Å². The van der Waals surface area contributed by atoms with Crippen LogP contribution in [0.25, 0.3) is 5.69 Å². The van der Waals surface area contributed by atoms with E-state index >= 15 is 0 Å². The molecule has 0 aliphatic carbocycles. The minimum Gasteiger partial charge on any atom is -0.493 e. The van der Waals surface area contributed by atoms with Crippen LogP contribution in [0.4, 0.5) is 11.5 Å². The molecule has 9 nitrogen and oxygen atoms in total. The molecule has 0 saturated carbocycles. The molecule has 150 valence electrons. The molecule has 9 heteroatoms. The van der Waals surface area contributed by atoms with Crippen LogP contribution >= 0.6 is 0 Å². The molecular formula is C20H20N4O5. The van der Waals surface area contributed by atoms with E-state index in [2.05, 4.69) is 10.4 Å². The summed E-state index contributed by atoms with van der Waals surface area (Å²) in [5.74, 6) is 1.37. The number of nitrogens with zero attached hydrogens (tertiary/aromatic N) is 3. The molecule has 0 fully saturated rings. The first-order valence-electron chi connectivity index (χ1n) is 8.73. The predicted octanol–water partition coefficient (Wildman–Crippen LogP) is 3.29. The van der Waals surface area contributed by atoms with Gasteiger partial charge in [0.1, 0.15) is 5.82 Å². The number of non-ortho nitro benzene ring substituents is 1. The van der Waals surface area contributed by atoms with Crippen LogP contribution in [0.3, 0.4) is 0 Å². The zero-order chi connectivity index (χ0) is 21.0. The summed E-state index contributed by atoms with van der Waals surface area (Å²) in [5.41, 5.74) is 2.05. The van der Waals surface area contributed by atoms with Gasteiger partial charge in [0.05, 0.1) is 36.9 Å². The molecule has 1 amide bonds. The van der Waals surface area contributed by atoms with E-state index in [1.54, 1.807) is 50.4 Å². The normalized spacial score (nSPS) is 10.4. The Labute approximate surface area is 167 Å². The van der Waals surface area contributed by atoms with E-state index in [4.69, 9.17) is 9.47 Å². The molecule has 0 aliphatic rings. The van der Waals surface area contributed by atoms with Crippen LogP contribution in [0, 0.1) is 17.0 Å². The number of nitrogens with one attached hydrogen (secondary N) is 1. The monoisotopic (exact) mass is 396 g/mol. The fourth-order valence-corrected chi connectivity index (χ4v) is 2.86. The first-order valence-corrected chi connectivity index (χ1v) is 8.73. The minimum absolute atomic E-state index is 0.0170. The number of rotatable bonds is 7. The van der Waals surface area contributed by atoms with Crippen molar-refractivity contribution in [3.8, 4) is 17.2 Å². The van der Waals surface area contributed by atoms with Crippen LogP contribution in [-0.2, 0) is 11.2 Å². The number of methoxy groups -OCH3 is 2. The van der Waals surface area contributed by atoms with Crippen LogP contribution in [0.15, 0.2) is 48.5 Å². The smallest absolute Gasteiger partial charge is 0.269 e. The molecular weight excluding hydrogens is 376 g/mol. The molecule has 0 saturated heterocycles. The standard InChI is InChI=1S/C20H20N4O5/c1-13-10-19(23(22-13)15-5-7-16(8-6-15)24(26)27)21-20(25)12-14-4-9-17(28-2)18(11-14)29-3/h4-11H,12H2,1-3H3,(H,21,25). The van der Waals surface area contributed by atoms with Crippen LogP contribution in [0.1, 0.15) is 11.3 Å². The number of anilines is 1. The van der Waals surface area contributed by atoms with Crippen LogP contribution in [0.2, 0.25) is 0 Å². The van der Waals surface area contributed by atoms with Gasteiger partial charge in [0.25, 0.3) is 5.69 Å². The summed E-state index contributed by atoms with van der Waals surface area (Å²) in [6.45, 7) is 1.80. The van der Waals surface area contributed by atoms with Crippen molar-refractivity contribution in [1.29, 1.82) is 0 Å². The lowest BCUT2D eigenvalue weighted by molar-refractivity contribution is -0.384. The molecule has 0 bridgehead atoms. The summed E-state index contributed by atoms with van der Waals surface area (Å²) < 4.78 is 12.0. The van der Waals surface area contributed by atoms with E-state index in [1.807, 2.05) is 0 Å². The van der Waals surface area contributed by atoms with E-state index in [-0.39, 0.29) is 18.0 Å². The zero-order valence-corrected chi connectivity index (χ0v) is 16.2. The number of hydrogen-bond acceptors (Lipinski definition) is 6. The van der Waals surface area contributed by atoms with E-state index in [9.17, 15) is 14.9 Å². The van der Waals surface area contributed by atoms with Gasteiger partial charge in [-0.3, -0.25) is 14.9 Å². The third-order valence-electron chi connectivity index (χ3n) is 4.22. The van der Waals surface area contributed by atoms with Crippen molar-refractivity contribution in [2.45, 2.75) is 13.3 Å². The van der Waals surface area contributed by atoms with Gasteiger partial charge in [0, 0.05) is 18.2 Å². The first kappa shape index (κ1) is 19.9. The average Bonchev–Trinajstić information content (AvgIpc) is 3.07. The topological polar surface area (TPSA) is 109 Å². The summed E-state index contributed by atoms with van der Waals surface area (Å²) in [7, 11) is 3.08. The lowest BCUT2D eigenvalue weighted by Gasteiger charge is -2.11. The molecule has 1 aromatic heterocycles. The molecule has 0 aliphatic heterocycles. The highest BCUT2D eigenvalue weighted by Gasteiger charge is 2.14. The second-order valence-corrected chi connectivity index (χ2v) is 6.27. The highest BCUT2D eigenvalue weighted by atomic mass is 16.6. The number of ether oxygens (including phenoxy) is 2. The molecule has 3 rings (SSSR count). The van der Waals surface area contributed by atoms with E-state index in [0.717, 1.165) is 5.56 Å². The minimum atomic E-state index is -0.468. The average molecular weight is 396 g/mol. The maximum Gasteiger partial charge on any atom is 0.269 e. The van der Waals surface area contributed by atoms with Crippen LogP contribution in [-0.4, -0.2) is 34.8 Å². The Balaban J connectivity index is 1.78. The van der Waals surface area contributed by atoms with Crippen molar-refractivity contribution in [2.75, 3.05) is 19.5 Å². The summed E-state index contributed by atoms with van der Waals surface area (Å²) >= 11 is 0. The maximum atomic E-state index is 12.6. The fourth-order valence-electron chi connectivity index (χ4n) is 2.86. The van der Waals surface area contributed by atoms with Gasteiger partial charge < -0.3 is 14.8 Å². The first-order chi connectivity index (χ1) is 13.9. The van der Waals surface area contributed by atoms with Gasteiger partial charge >= 0.3 is 0 Å². The highest BCUT2D eigenvalue weighted by molar-refractivity contribution is 5.92. The van der Waals surface area contributed by atoms with Crippen LogP contribution in [0.5, 0.6) is 11.5 Å². The highest BCUT2D eigenvalue weighted by Crippen LogP contribution is 2.28. The van der Waals surface area contributed by atoms with Crippen molar-refractivity contribution >= 4 is 17.4 Å². The Morgan fingerprint density at radius 3 is 2.41 bits per heavy atom. The molecule has 3 aromatic rings. The summed E-state index contributed by atoms with van der Waals surface area (Å²) in [6.07, 6.45) is 0.130. The number of aromatic nitrogens is 2. The van der Waals surface area contributed by atoms with Gasteiger partial charge in [-0.2, -0.15) is 5.10 Å². The lowest BCUT2D eigenvalue weighted by Crippen LogP contribution is -2.17. The van der Waals surface area contributed by atoms with Gasteiger partial charge in [-0.25, -0.2) is 4.68 Å². The third kappa shape index (κ3) is 4.52. The lowest BCUT2D eigenvalue weighted by atomic mass is 10.1. The SMILES string of the molecule is COc1ccc(CC(=O)Nc2cc(C)nn2-c2ccc([N+](=O)[O-])cc2)cc1OC. The molecule has 29 heavy (non-hydrogen) atoms. The zero-order valence-electron chi connectivity index (χ0n) is 16.2. The van der Waals surface area contributed by atoms with Gasteiger partial charge in [0.2, 0.25) is 5.91 Å². The molecule has 1 heterocycles. The molecule has 0 atom stereocenters. The summed E-state index contributed by atoms with van der Waals surface area (Å²) in [5, 5.41) is 18.0. The van der Waals surface area contributed by atoms with Gasteiger partial charge in [-0.1, -0.05) is 6.07 Å². The van der Waals surface area contributed by atoms with Crippen molar-refractivity contribution in [3.63, 3.8) is 0 Å². The summed E-state index contributed by atoms with van der Waals surface area (Å²) in [4.78, 5) is 22.9. The van der Waals surface area contributed by atoms with Crippen molar-refractivity contribution in [3.05, 3.63) is 69.9 Å². The van der Waals surface area contributed by atoms with Gasteiger partial charge in [0.15, 0.2) is 11.5 Å². The summed E-state index contributed by atoms with van der Waals surface area (Å²) in [6, 6.07) is 12.9. The Morgan fingerprint density at radius 1 is 1.10 bits per heavy atom. The molecule has 0 radical (unpaired) electrons. The van der Waals surface area contributed by atoms with E-state index < -0.39 is 4.92 Å². The largest absolute Gasteiger partial charge is 0.493 e. The Bertz CT molecular complexity index is 1040. The second-order valence-electron chi connectivity index (χ2n) is 6.27. The number of hydrogen-bond donors (Lipinski definition) is 1. The number of carbonyl (C=O) groups is 1. The molecule has 0 unspecified atom stereocenters. The Kier molecular flexibility index (Phi) is 5.77.